The van der Waals surface area contributed by atoms with Crippen molar-refractivity contribution in [2.45, 2.75) is 58.3 Å². The maximum absolute atomic E-state index is 13.4. The van der Waals surface area contributed by atoms with Crippen molar-refractivity contribution in [1.29, 1.82) is 0 Å². The standard InChI is InChI=1S/C25H30FN3O5/c1-15(2)25(23(32)28-18(20(30)14-26)12-21(31)33-24(3,4)5)13-19(29-34-25)22-17-9-7-6-8-16(17)10-11-27-22/h6-11,13,15,18,29H,12,14H2,1-5H3,(H,28,32)/t18-,25+/m0/s1. The molecule has 2 heterocycles. The molecule has 2 aromatic rings. The highest BCUT2D eigenvalue weighted by Crippen LogP contribution is 2.34. The number of carbonyl (C=O) groups is 3. The molecule has 0 aliphatic carbocycles. The number of carbonyl (C=O) groups excluding carboxylic acids is 3. The Morgan fingerprint density at radius 2 is 1.91 bits per heavy atom. The van der Waals surface area contributed by atoms with Crippen LogP contribution < -0.4 is 10.8 Å². The van der Waals surface area contributed by atoms with Crippen molar-refractivity contribution in [1.82, 2.24) is 15.8 Å². The molecule has 8 nitrogen and oxygen atoms in total. The predicted octanol–water partition coefficient (Wildman–Crippen LogP) is 3.26. The molecule has 34 heavy (non-hydrogen) atoms. The maximum Gasteiger partial charge on any atom is 0.308 e. The van der Waals surface area contributed by atoms with E-state index in [-0.39, 0.29) is 5.92 Å². The number of amides is 1. The molecule has 1 aliphatic heterocycles. The fourth-order valence-corrected chi connectivity index (χ4v) is 3.68. The van der Waals surface area contributed by atoms with Crippen LogP contribution in [-0.4, -0.2) is 46.6 Å². The topological polar surface area (TPSA) is 107 Å². The molecular formula is C25H30FN3O5. The van der Waals surface area contributed by atoms with Gasteiger partial charge in [-0.05, 0) is 44.2 Å². The van der Waals surface area contributed by atoms with E-state index < -0.39 is 48.0 Å². The Bertz CT molecular complexity index is 1120. The molecule has 2 atom stereocenters. The summed E-state index contributed by atoms with van der Waals surface area (Å²) in [5, 5.41) is 4.33. The molecular weight excluding hydrogens is 441 g/mol. The van der Waals surface area contributed by atoms with Crippen LogP contribution in [0.15, 0.2) is 42.6 Å². The van der Waals surface area contributed by atoms with Crippen LogP contribution in [0.2, 0.25) is 0 Å². The number of esters is 1. The minimum atomic E-state index is -1.52. The zero-order valence-electron chi connectivity index (χ0n) is 20.0. The molecule has 0 unspecified atom stereocenters. The summed E-state index contributed by atoms with van der Waals surface area (Å²) in [7, 11) is 0. The van der Waals surface area contributed by atoms with Gasteiger partial charge in [-0.25, -0.2) is 4.39 Å². The molecule has 0 spiro atoms. The summed E-state index contributed by atoms with van der Waals surface area (Å²) in [5.41, 5.74) is 1.57. The number of alkyl halides is 1. The van der Waals surface area contributed by atoms with Gasteiger partial charge in [-0.3, -0.25) is 29.7 Å². The number of fused-ring (bicyclic) bond motifs is 1. The van der Waals surface area contributed by atoms with E-state index >= 15 is 0 Å². The Morgan fingerprint density at radius 1 is 1.21 bits per heavy atom. The van der Waals surface area contributed by atoms with Gasteiger partial charge >= 0.3 is 5.97 Å². The second-order valence-electron chi connectivity index (χ2n) is 9.51. The van der Waals surface area contributed by atoms with Crippen LogP contribution in [0, 0.1) is 5.92 Å². The van der Waals surface area contributed by atoms with Crippen molar-refractivity contribution in [2.24, 2.45) is 5.92 Å². The third-order valence-electron chi connectivity index (χ3n) is 5.45. The van der Waals surface area contributed by atoms with Gasteiger partial charge in [0.15, 0.2) is 11.4 Å². The Balaban J connectivity index is 1.90. The fourth-order valence-electron chi connectivity index (χ4n) is 3.68. The van der Waals surface area contributed by atoms with Crippen molar-refractivity contribution >= 4 is 34.1 Å². The second-order valence-corrected chi connectivity index (χ2v) is 9.51. The van der Waals surface area contributed by atoms with Crippen molar-refractivity contribution in [2.75, 3.05) is 6.67 Å². The van der Waals surface area contributed by atoms with E-state index in [1.54, 1.807) is 46.9 Å². The highest BCUT2D eigenvalue weighted by molar-refractivity contribution is 5.98. The summed E-state index contributed by atoms with van der Waals surface area (Å²) in [6.45, 7) is 7.25. The van der Waals surface area contributed by atoms with Gasteiger partial charge in [0.1, 0.15) is 18.3 Å². The Hall–Kier alpha value is -3.33. The summed E-state index contributed by atoms with van der Waals surface area (Å²) >= 11 is 0. The quantitative estimate of drug-likeness (QED) is 0.569. The fraction of sp³-hybridized carbons (Fsp3) is 0.440. The molecule has 0 bridgehead atoms. The van der Waals surface area contributed by atoms with Gasteiger partial charge < -0.3 is 10.1 Å². The third kappa shape index (κ3) is 5.41. The summed E-state index contributed by atoms with van der Waals surface area (Å²) in [5.74, 6) is -2.71. The summed E-state index contributed by atoms with van der Waals surface area (Å²) in [6, 6.07) is 8.14. The first kappa shape index (κ1) is 25.3. The average molecular weight is 472 g/mol. The van der Waals surface area contributed by atoms with Gasteiger partial charge in [0, 0.05) is 11.6 Å². The van der Waals surface area contributed by atoms with Crippen LogP contribution >= 0.6 is 0 Å². The van der Waals surface area contributed by atoms with Crippen molar-refractivity contribution in [3.63, 3.8) is 0 Å². The zero-order valence-corrected chi connectivity index (χ0v) is 20.0. The van der Waals surface area contributed by atoms with Crippen LogP contribution in [0.25, 0.3) is 16.5 Å². The van der Waals surface area contributed by atoms with Crippen LogP contribution in [0.5, 0.6) is 0 Å². The maximum atomic E-state index is 13.4. The van der Waals surface area contributed by atoms with E-state index in [0.717, 1.165) is 10.8 Å². The van der Waals surface area contributed by atoms with Gasteiger partial charge in [-0.1, -0.05) is 38.1 Å². The molecule has 3 rings (SSSR count). The lowest BCUT2D eigenvalue weighted by molar-refractivity contribution is -0.158. The molecule has 0 fully saturated rings. The normalized spacial score (nSPS) is 18.9. The van der Waals surface area contributed by atoms with Crippen LogP contribution in [0.4, 0.5) is 4.39 Å². The second kappa shape index (κ2) is 9.89. The number of benzene rings is 1. The average Bonchev–Trinajstić information content (AvgIpc) is 3.23. The lowest BCUT2D eigenvalue weighted by Gasteiger charge is -2.30. The Labute approximate surface area is 197 Å². The number of nitrogens with one attached hydrogen (secondary N) is 2. The SMILES string of the molecule is CC(C)[C@@]1(C(=O)N[C@@H](CC(=O)OC(C)(C)C)C(=O)CF)C=C(c2nccc3ccccc23)NO1. The van der Waals surface area contributed by atoms with Gasteiger partial charge in [-0.15, -0.1) is 0 Å². The van der Waals surface area contributed by atoms with Crippen molar-refractivity contribution < 1.29 is 28.3 Å². The van der Waals surface area contributed by atoms with E-state index in [4.69, 9.17) is 9.57 Å². The van der Waals surface area contributed by atoms with Crippen molar-refractivity contribution in [3.05, 3.63) is 48.3 Å². The Morgan fingerprint density at radius 3 is 2.56 bits per heavy atom. The minimum Gasteiger partial charge on any atom is -0.460 e. The van der Waals surface area contributed by atoms with Gasteiger partial charge in [0.05, 0.1) is 17.8 Å². The highest BCUT2D eigenvalue weighted by Gasteiger charge is 2.47. The number of hydrogen-bond donors (Lipinski definition) is 2. The number of rotatable bonds is 8. The number of halogens is 1. The third-order valence-corrected chi connectivity index (χ3v) is 5.45. The molecule has 1 aromatic heterocycles. The first-order valence-electron chi connectivity index (χ1n) is 11.1. The number of ketones is 1. The van der Waals surface area contributed by atoms with E-state index in [9.17, 15) is 18.8 Å². The van der Waals surface area contributed by atoms with Crippen LogP contribution in [-0.2, 0) is 24.0 Å². The van der Waals surface area contributed by atoms with Gasteiger partial charge in [-0.2, -0.15) is 0 Å². The van der Waals surface area contributed by atoms with E-state index in [1.807, 2.05) is 30.3 Å². The number of nitrogens with zero attached hydrogens (tertiary/aromatic N) is 1. The van der Waals surface area contributed by atoms with E-state index in [2.05, 4.69) is 15.8 Å². The molecule has 1 aliphatic rings. The molecule has 0 saturated heterocycles. The molecule has 0 radical (unpaired) electrons. The summed E-state index contributed by atoms with van der Waals surface area (Å²) in [6.07, 6.45) is 2.77. The highest BCUT2D eigenvalue weighted by atomic mass is 19.1. The number of hydroxylamine groups is 1. The summed E-state index contributed by atoms with van der Waals surface area (Å²) < 4.78 is 18.5. The van der Waals surface area contributed by atoms with Crippen LogP contribution in [0.1, 0.15) is 46.7 Å². The molecule has 9 heteroatoms. The molecule has 0 saturated carbocycles. The molecule has 2 N–H and O–H groups in total. The van der Waals surface area contributed by atoms with Crippen molar-refractivity contribution in [3.8, 4) is 0 Å². The number of hydrogen-bond acceptors (Lipinski definition) is 7. The lowest BCUT2D eigenvalue weighted by Crippen LogP contribution is -2.55. The monoisotopic (exact) mass is 471 g/mol. The Kier molecular flexibility index (Phi) is 7.35. The largest absolute Gasteiger partial charge is 0.460 e. The van der Waals surface area contributed by atoms with Crippen LogP contribution in [0.3, 0.4) is 0 Å². The first-order chi connectivity index (χ1) is 16.0. The van der Waals surface area contributed by atoms with E-state index in [1.165, 1.54) is 0 Å². The number of Topliss-reactive ketones (excluding diaryl/α,β-unsaturated/α-hetero) is 1. The molecule has 182 valence electrons. The van der Waals surface area contributed by atoms with Gasteiger partial charge in [0.2, 0.25) is 0 Å². The predicted molar refractivity (Wildman–Crippen MR) is 125 cm³/mol. The zero-order chi connectivity index (χ0) is 25.1. The lowest BCUT2D eigenvalue weighted by atomic mass is 9.87. The number of aromatic nitrogens is 1. The number of pyridine rings is 1. The number of ether oxygens (including phenoxy) is 1. The first-order valence-corrected chi connectivity index (χ1v) is 11.1. The molecule has 1 amide bonds. The summed E-state index contributed by atoms with van der Waals surface area (Å²) in [4.78, 5) is 48.0. The smallest absolute Gasteiger partial charge is 0.308 e. The van der Waals surface area contributed by atoms with E-state index in [0.29, 0.717) is 11.4 Å². The minimum absolute atomic E-state index is 0.380. The molecule has 1 aromatic carbocycles. The van der Waals surface area contributed by atoms with Gasteiger partial charge in [0.25, 0.3) is 5.91 Å².